The van der Waals surface area contributed by atoms with Crippen LogP contribution in [-0.4, -0.2) is 56.0 Å². The van der Waals surface area contributed by atoms with Gasteiger partial charge < -0.3 is 9.80 Å². The molecule has 3 rings (SSSR count). The fourth-order valence-electron chi connectivity index (χ4n) is 3.38. The van der Waals surface area contributed by atoms with Crippen LogP contribution in [0.1, 0.15) is 22.3 Å². The van der Waals surface area contributed by atoms with Gasteiger partial charge in [0.15, 0.2) is 0 Å². The molecule has 144 valence electrons. The monoisotopic (exact) mass is 373 g/mol. The summed E-state index contributed by atoms with van der Waals surface area (Å²) in [4.78, 5) is 18.4. The molecule has 0 N–H and O–H groups in total. The molecule has 0 atom stereocenters. The van der Waals surface area contributed by atoms with Crippen molar-refractivity contribution in [2.45, 2.75) is 13.0 Å². The summed E-state index contributed by atoms with van der Waals surface area (Å²) in [6.07, 6.45) is 0.804. The SMILES string of the molecule is CN(C)c1ccc(C(=O)N2CCCN(Cc3ccccc3F)CC2)cc1F. The Morgan fingerprint density at radius 3 is 2.48 bits per heavy atom. The van der Waals surface area contributed by atoms with Crippen LogP contribution in [0.2, 0.25) is 0 Å². The van der Waals surface area contributed by atoms with Crippen molar-refractivity contribution in [2.24, 2.45) is 0 Å². The van der Waals surface area contributed by atoms with E-state index in [0.717, 1.165) is 13.0 Å². The van der Waals surface area contributed by atoms with E-state index in [-0.39, 0.29) is 11.7 Å². The van der Waals surface area contributed by atoms with Crippen molar-refractivity contribution in [2.75, 3.05) is 45.2 Å². The first-order valence-corrected chi connectivity index (χ1v) is 9.17. The molecule has 0 spiro atoms. The number of hydrogen-bond acceptors (Lipinski definition) is 3. The molecular weight excluding hydrogens is 348 g/mol. The van der Waals surface area contributed by atoms with E-state index in [9.17, 15) is 13.6 Å². The van der Waals surface area contributed by atoms with E-state index >= 15 is 0 Å². The predicted octanol–water partition coefficient (Wildman–Crippen LogP) is 3.38. The summed E-state index contributed by atoms with van der Waals surface area (Å²) in [6, 6.07) is 11.4. The molecule has 0 bridgehead atoms. The van der Waals surface area contributed by atoms with E-state index in [2.05, 4.69) is 4.90 Å². The highest BCUT2D eigenvalue weighted by Crippen LogP contribution is 2.20. The molecule has 0 saturated carbocycles. The Kier molecular flexibility index (Phi) is 6.06. The minimum Gasteiger partial charge on any atom is -0.375 e. The van der Waals surface area contributed by atoms with E-state index in [4.69, 9.17) is 0 Å². The van der Waals surface area contributed by atoms with Crippen LogP contribution in [0.25, 0.3) is 0 Å². The first-order valence-electron chi connectivity index (χ1n) is 9.17. The highest BCUT2D eigenvalue weighted by molar-refractivity contribution is 5.94. The van der Waals surface area contributed by atoms with Gasteiger partial charge in [0, 0.05) is 57.9 Å². The molecule has 1 aliphatic rings. The maximum absolute atomic E-state index is 14.2. The molecule has 1 aliphatic heterocycles. The smallest absolute Gasteiger partial charge is 0.254 e. The van der Waals surface area contributed by atoms with Crippen molar-refractivity contribution < 1.29 is 13.6 Å². The first kappa shape index (κ1) is 19.3. The second-order valence-electron chi connectivity index (χ2n) is 7.07. The average Bonchev–Trinajstić information content (AvgIpc) is 2.88. The van der Waals surface area contributed by atoms with Crippen LogP contribution < -0.4 is 4.90 Å². The number of hydrogen-bond donors (Lipinski definition) is 0. The van der Waals surface area contributed by atoms with Crippen LogP contribution in [0.4, 0.5) is 14.5 Å². The third kappa shape index (κ3) is 4.63. The Labute approximate surface area is 159 Å². The maximum atomic E-state index is 14.2. The van der Waals surface area contributed by atoms with Crippen LogP contribution >= 0.6 is 0 Å². The Morgan fingerprint density at radius 1 is 1.00 bits per heavy atom. The lowest BCUT2D eigenvalue weighted by Crippen LogP contribution is -2.35. The van der Waals surface area contributed by atoms with E-state index in [1.165, 1.54) is 12.1 Å². The zero-order valence-electron chi connectivity index (χ0n) is 15.8. The Balaban J connectivity index is 1.64. The van der Waals surface area contributed by atoms with Gasteiger partial charge >= 0.3 is 0 Å². The van der Waals surface area contributed by atoms with Gasteiger partial charge in [0.1, 0.15) is 11.6 Å². The zero-order valence-corrected chi connectivity index (χ0v) is 15.8. The second kappa shape index (κ2) is 8.48. The van der Waals surface area contributed by atoms with Crippen LogP contribution in [0.5, 0.6) is 0 Å². The summed E-state index contributed by atoms with van der Waals surface area (Å²) in [6.45, 7) is 3.15. The lowest BCUT2D eigenvalue weighted by molar-refractivity contribution is 0.0760. The van der Waals surface area contributed by atoms with Gasteiger partial charge in [-0.3, -0.25) is 9.69 Å². The minimum absolute atomic E-state index is 0.160. The molecule has 1 saturated heterocycles. The molecular formula is C21H25F2N3O. The number of benzene rings is 2. The van der Waals surface area contributed by atoms with Crippen LogP contribution in [0.15, 0.2) is 42.5 Å². The summed E-state index contributed by atoms with van der Waals surface area (Å²) in [5.41, 5.74) is 1.48. The third-order valence-electron chi connectivity index (χ3n) is 4.90. The lowest BCUT2D eigenvalue weighted by Gasteiger charge is -2.23. The molecule has 6 heteroatoms. The van der Waals surface area contributed by atoms with Crippen molar-refractivity contribution in [3.05, 3.63) is 65.2 Å². The van der Waals surface area contributed by atoms with Crippen molar-refractivity contribution in [1.82, 2.24) is 9.80 Å². The van der Waals surface area contributed by atoms with Crippen molar-refractivity contribution in [3.8, 4) is 0 Å². The number of carbonyl (C=O) groups excluding carboxylic acids is 1. The number of amides is 1. The standard InChI is InChI=1S/C21H25F2N3O/c1-24(2)20-9-8-16(14-19(20)23)21(27)26-11-5-10-25(12-13-26)15-17-6-3-4-7-18(17)22/h3-4,6-9,14H,5,10-13,15H2,1-2H3. The topological polar surface area (TPSA) is 26.8 Å². The van der Waals surface area contributed by atoms with Crippen LogP contribution in [0, 0.1) is 11.6 Å². The molecule has 2 aromatic carbocycles. The molecule has 1 heterocycles. The third-order valence-corrected chi connectivity index (χ3v) is 4.90. The Bertz CT molecular complexity index is 810. The zero-order chi connectivity index (χ0) is 19.4. The number of carbonyl (C=O) groups is 1. The first-order chi connectivity index (χ1) is 13.0. The Morgan fingerprint density at radius 2 is 1.78 bits per heavy atom. The fourth-order valence-corrected chi connectivity index (χ4v) is 3.38. The van der Waals surface area contributed by atoms with Gasteiger partial charge in [0.2, 0.25) is 0 Å². The molecule has 0 aromatic heterocycles. The van der Waals surface area contributed by atoms with Gasteiger partial charge in [-0.1, -0.05) is 18.2 Å². The number of nitrogens with zero attached hydrogens (tertiary/aromatic N) is 3. The minimum atomic E-state index is -0.401. The predicted molar refractivity (Wildman–Crippen MR) is 103 cm³/mol. The van der Waals surface area contributed by atoms with Crippen molar-refractivity contribution >= 4 is 11.6 Å². The summed E-state index contributed by atoms with van der Waals surface area (Å²) in [5, 5.41) is 0. The van der Waals surface area contributed by atoms with Gasteiger partial charge in [0.05, 0.1) is 5.69 Å². The summed E-state index contributed by atoms with van der Waals surface area (Å²) in [7, 11) is 3.53. The average molecular weight is 373 g/mol. The van der Waals surface area contributed by atoms with Gasteiger partial charge in [-0.25, -0.2) is 8.78 Å². The van der Waals surface area contributed by atoms with Gasteiger partial charge in [-0.2, -0.15) is 0 Å². The van der Waals surface area contributed by atoms with E-state index in [1.807, 2.05) is 6.07 Å². The fraction of sp³-hybridized carbons (Fsp3) is 0.381. The van der Waals surface area contributed by atoms with E-state index < -0.39 is 5.82 Å². The van der Waals surface area contributed by atoms with Crippen molar-refractivity contribution in [3.63, 3.8) is 0 Å². The Hall–Kier alpha value is -2.47. The quantitative estimate of drug-likeness (QED) is 0.822. The molecule has 2 aromatic rings. The van der Waals surface area contributed by atoms with E-state index in [1.54, 1.807) is 48.2 Å². The highest BCUT2D eigenvalue weighted by Gasteiger charge is 2.22. The molecule has 27 heavy (non-hydrogen) atoms. The number of halogens is 2. The van der Waals surface area contributed by atoms with Crippen LogP contribution in [-0.2, 0) is 6.54 Å². The van der Waals surface area contributed by atoms with Crippen molar-refractivity contribution in [1.29, 1.82) is 0 Å². The molecule has 0 radical (unpaired) electrons. The highest BCUT2D eigenvalue weighted by atomic mass is 19.1. The molecule has 4 nitrogen and oxygen atoms in total. The summed E-state index contributed by atoms with van der Waals surface area (Å²) < 4.78 is 28.1. The second-order valence-corrected chi connectivity index (χ2v) is 7.07. The summed E-state index contributed by atoms with van der Waals surface area (Å²) in [5.74, 6) is -0.764. The molecule has 0 aliphatic carbocycles. The largest absolute Gasteiger partial charge is 0.375 e. The van der Waals surface area contributed by atoms with Gasteiger partial charge in [-0.15, -0.1) is 0 Å². The van der Waals surface area contributed by atoms with Crippen LogP contribution in [0.3, 0.4) is 0 Å². The maximum Gasteiger partial charge on any atom is 0.254 e. The molecule has 0 unspecified atom stereocenters. The molecule has 1 fully saturated rings. The van der Waals surface area contributed by atoms with Gasteiger partial charge in [0.25, 0.3) is 5.91 Å². The number of rotatable bonds is 4. The van der Waals surface area contributed by atoms with E-state index in [0.29, 0.717) is 43.0 Å². The van der Waals surface area contributed by atoms with Gasteiger partial charge in [-0.05, 0) is 30.7 Å². The number of anilines is 1. The lowest BCUT2D eigenvalue weighted by atomic mass is 10.1. The normalized spacial score (nSPS) is 15.5. The molecule has 1 amide bonds. The summed E-state index contributed by atoms with van der Waals surface area (Å²) >= 11 is 0.